The van der Waals surface area contributed by atoms with Gasteiger partial charge in [-0.05, 0) is 34.1 Å². The van der Waals surface area contributed by atoms with Crippen LogP contribution in [0.25, 0.3) is 0 Å². The maximum atomic E-state index is 9.84. The molecule has 6 heteroatoms. The Labute approximate surface area is 110 Å². The van der Waals surface area contributed by atoms with Crippen LogP contribution in [0.3, 0.4) is 0 Å². The van der Waals surface area contributed by atoms with E-state index in [-0.39, 0.29) is 11.6 Å². The largest absolute Gasteiger partial charge is 0.505 e. The molecule has 0 saturated heterocycles. The molecule has 0 aliphatic heterocycles. The molecule has 1 aromatic heterocycles. The van der Waals surface area contributed by atoms with Crippen LogP contribution in [0.1, 0.15) is 0 Å². The van der Waals surface area contributed by atoms with E-state index in [1.165, 1.54) is 6.20 Å². The summed E-state index contributed by atoms with van der Waals surface area (Å²) in [6.45, 7) is 0. The maximum absolute atomic E-state index is 9.84. The van der Waals surface area contributed by atoms with Gasteiger partial charge in [-0.15, -0.1) is 0 Å². The molecule has 0 spiro atoms. The quantitative estimate of drug-likeness (QED) is 0.505. The van der Waals surface area contributed by atoms with Gasteiger partial charge in [-0.2, -0.15) is 0 Å². The second-order valence-corrected chi connectivity index (χ2v) is 4.17. The first-order valence-corrected chi connectivity index (χ1v) is 5.70. The fourth-order valence-electron chi connectivity index (χ4n) is 1.48. The summed E-state index contributed by atoms with van der Waals surface area (Å²) in [6, 6.07) is 10.1. The highest BCUT2D eigenvalue weighted by Gasteiger charge is 2.09. The minimum absolute atomic E-state index is 0.0374. The molecule has 98 valence electrons. The number of hydrogen-bond donors (Lipinski definition) is 2. The number of rotatable bonds is 3. The van der Waals surface area contributed by atoms with E-state index in [2.05, 4.69) is 10.2 Å². The van der Waals surface area contributed by atoms with Crippen molar-refractivity contribution in [2.75, 3.05) is 19.0 Å². The molecular weight excluding hydrogens is 244 g/mol. The summed E-state index contributed by atoms with van der Waals surface area (Å²) >= 11 is 0. The Bertz CT molecular complexity index is 611. The summed E-state index contributed by atoms with van der Waals surface area (Å²) in [6.07, 6.45) is 1.45. The fraction of sp³-hybridized carbons (Fsp3) is 0.154. The summed E-state index contributed by atoms with van der Waals surface area (Å²) in [5.41, 5.74) is 1.21. The Morgan fingerprint density at radius 3 is 2.53 bits per heavy atom. The predicted octanol–water partition coefficient (Wildman–Crippen LogP) is 2.40. The maximum Gasteiger partial charge on any atom is 0.388 e. The monoisotopic (exact) mass is 259 g/mol. The van der Waals surface area contributed by atoms with E-state index < -0.39 is 0 Å². The first-order chi connectivity index (χ1) is 9.08. The molecule has 0 aliphatic rings. The zero-order chi connectivity index (χ0) is 13.8. The number of azo groups is 1. The first kappa shape index (κ1) is 12.8. The van der Waals surface area contributed by atoms with Gasteiger partial charge < -0.3 is 15.2 Å². The molecule has 2 aromatic rings. The fourth-order valence-corrected chi connectivity index (χ4v) is 1.48. The van der Waals surface area contributed by atoms with Gasteiger partial charge in [-0.1, -0.05) is 0 Å². The molecule has 2 N–H and O–H groups in total. The van der Waals surface area contributed by atoms with Gasteiger partial charge in [0.1, 0.15) is 11.9 Å². The third kappa shape index (κ3) is 2.98. The predicted molar refractivity (Wildman–Crippen MR) is 70.4 cm³/mol. The van der Waals surface area contributed by atoms with Crippen LogP contribution in [0.15, 0.2) is 52.8 Å². The minimum atomic E-state index is 0.0374. The normalized spacial score (nSPS) is 10.8. The lowest BCUT2D eigenvalue weighted by atomic mass is 10.2. The molecule has 0 saturated carbocycles. The number of benzene rings is 1. The van der Waals surface area contributed by atoms with Crippen molar-refractivity contribution in [2.45, 2.75) is 0 Å². The Morgan fingerprint density at radius 2 is 1.89 bits per heavy atom. The van der Waals surface area contributed by atoms with Gasteiger partial charge in [0.25, 0.3) is 0 Å². The smallest absolute Gasteiger partial charge is 0.388 e. The average Bonchev–Trinajstić information content (AvgIpc) is 2.39. The number of aromatic nitrogens is 1. The van der Waals surface area contributed by atoms with Crippen molar-refractivity contribution in [1.29, 1.82) is 0 Å². The number of anilines is 1. The summed E-state index contributed by atoms with van der Waals surface area (Å²) in [4.78, 5) is 1.87. The molecule has 6 nitrogen and oxygen atoms in total. The van der Waals surface area contributed by atoms with Crippen molar-refractivity contribution in [3.05, 3.63) is 42.6 Å². The number of phenols is 1. The lowest BCUT2D eigenvalue weighted by molar-refractivity contribution is -0.894. The third-order valence-electron chi connectivity index (χ3n) is 2.55. The summed E-state index contributed by atoms with van der Waals surface area (Å²) in [7, 11) is 3.77. The van der Waals surface area contributed by atoms with Crippen molar-refractivity contribution in [3.8, 4) is 5.75 Å². The van der Waals surface area contributed by atoms with Crippen LogP contribution in [-0.4, -0.2) is 24.4 Å². The van der Waals surface area contributed by atoms with Gasteiger partial charge in [0, 0.05) is 31.9 Å². The molecule has 0 aliphatic carbocycles. The molecule has 0 fully saturated rings. The van der Waals surface area contributed by atoms with E-state index in [0.717, 1.165) is 10.4 Å². The van der Waals surface area contributed by atoms with Crippen molar-refractivity contribution in [3.63, 3.8) is 0 Å². The van der Waals surface area contributed by atoms with Gasteiger partial charge in [0.05, 0.1) is 5.11 Å². The Kier molecular flexibility index (Phi) is 3.61. The molecule has 2 rings (SSSR count). The van der Waals surface area contributed by atoms with Crippen molar-refractivity contribution in [2.24, 2.45) is 10.2 Å². The summed E-state index contributed by atoms with van der Waals surface area (Å²) in [5.74, 6) is 0.314. The second kappa shape index (κ2) is 5.34. The topological polar surface area (TPSA) is 72.3 Å². The Hall–Kier alpha value is -2.63. The highest BCUT2D eigenvalue weighted by molar-refractivity contribution is 5.60. The number of phenolic OH excluding ortho intramolecular Hbond substituents is 1. The second-order valence-electron chi connectivity index (χ2n) is 4.17. The van der Waals surface area contributed by atoms with Crippen molar-refractivity contribution < 1.29 is 15.0 Å². The SMILES string of the molecule is CN(C)c1ccc(/N=N/c2cccc[n+]2O)c(O)c1. The molecule has 1 heterocycles. The lowest BCUT2D eigenvalue weighted by Gasteiger charge is -2.12. The van der Waals surface area contributed by atoms with Crippen LogP contribution in [0.2, 0.25) is 0 Å². The highest BCUT2D eigenvalue weighted by atomic mass is 16.5. The van der Waals surface area contributed by atoms with Gasteiger partial charge in [0.2, 0.25) is 0 Å². The molecule has 0 bridgehead atoms. The standard InChI is InChI=1S/C13H14N4O2/c1-16(2)10-6-7-11(12(18)9-10)14-15-13-5-3-4-8-17(13)19/h3-9,19H,1-2H3/p+1. The average molecular weight is 259 g/mol. The Morgan fingerprint density at radius 1 is 1.11 bits per heavy atom. The lowest BCUT2D eigenvalue weighted by Crippen LogP contribution is -2.28. The van der Waals surface area contributed by atoms with Gasteiger partial charge in [0.15, 0.2) is 5.69 Å². The molecule has 1 aromatic carbocycles. The molecule has 0 radical (unpaired) electrons. The molecule has 0 atom stereocenters. The van der Waals surface area contributed by atoms with Crippen LogP contribution in [0.4, 0.5) is 17.2 Å². The van der Waals surface area contributed by atoms with Crippen LogP contribution in [-0.2, 0) is 0 Å². The molecule has 0 unspecified atom stereocenters. The van der Waals surface area contributed by atoms with Crippen LogP contribution in [0.5, 0.6) is 5.75 Å². The van der Waals surface area contributed by atoms with E-state index in [4.69, 9.17) is 0 Å². The third-order valence-corrected chi connectivity index (χ3v) is 2.55. The van der Waals surface area contributed by atoms with E-state index >= 15 is 0 Å². The van der Waals surface area contributed by atoms with E-state index in [1.807, 2.05) is 25.1 Å². The van der Waals surface area contributed by atoms with Crippen LogP contribution >= 0.6 is 0 Å². The van der Waals surface area contributed by atoms with Gasteiger partial charge in [-0.3, -0.25) is 0 Å². The summed E-state index contributed by atoms with van der Waals surface area (Å²) in [5, 5.41) is 27.1. The zero-order valence-electron chi connectivity index (χ0n) is 10.7. The Balaban J connectivity index is 2.27. The van der Waals surface area contributed by atoms with E-state index in [0.29, 0.717) is 5.69 Å². The van der Waals surface area contributed by atoms with Gasteiger partial charge >= 0.3 is 5.82 Å². The molecular formula is C13H15N4O2+. The van der Waals surface area contributed by atoms with Crippen LogP contribution < -0.4 is 9.63 Å². The number of nitrogens with zero attached hydrogens (tertiary/aromatic N) is 4. The van der Waals surface area contributed by atoms with E-state index in [9.17, 15) is 10.3 Å². The number of aromatic hydroxyl groups is 1. The molecule has 19 heavy (non-hydrogen) atoms. The summed E-state index contributed by atoms with van der Waals surface area (Å²) < 4.78 is 0.856. The van der Waals surface area contributed by atoms with Gasteiger partial charge in [-0.25, -0.2) is 0 Å². The van der Waals surface area contributed by atoms with Crippen molar-refractivity contribution in [1.82, 2.24) is 0 Å². The van der Waals surface area contributed by atoms with Crippen LogP contribution in [0, 0.1) is 0 Å². The van der Waals surface area contributed by atoms with Crippen molar-refractivity contribution >= 4 is 17.2 Å². The van der Waals surface area contributed by atoms with E-state index in [1.54, 1.807) is 30.3 Å². The molecule has 0 amide bonds. The number of hydrogen-bond acceptors (Lipinski definition) is 5. The minimum Gasteiger partial charge on any atom is -0.505 e. The zero-order valence-corrected chi connectivity index (χ0v) is 10.7. The number of pyridine rings is 1. The first-order valence-electron chi connectivity index (χ1n) is 5.70. The highest BCUT2D eigenvalue weighted by Crippen LogP contribution is 2.31.